The number of aryl methyl sites for hydroxylation is 1. The highest BCUT2D eigenvalue weighted by Crippen LogP contribution is 2.27. The number of aliphatic hydroxyl groups excluding tert-OH is 1. The summed E-state index contributed by atoms with van der Waals surface area (Å²) in [7, 11) is 1.86. The van der Waals surface area contributed by atoms with Crippen LogP contribution in [0, 0.1) is 18.8 Å². The van der Waals surface area contributed by atoms with Crippen molar-refractivity contribution < 1.29 is 9.90 Å². The highest BCUT2D eigenvalue weighted by molar-refractivity contribution is 7.09. The second kappa shape index (κ2) is 8.63. The van der Waals surface area contributed by atoms with Gasteiger partial charge >= 0.3 is 0 Å². The van der Waals surface area contributed by atoms with E-state index in [2.05, 4.69) is 32.7 Å². The normalized spacial score (nSPS) is 15.6. The number of thiazole rings is 1. The van der Waals surface area contributed by atoms with E-state index < -0.39 is 6.10 Å². The second-order valence-electron chi connectivity index (χ2n) is 6.61. The van der Waals surface area contributed by atoms with Gasteiger partial charge in [0.2, 0.25) is 5.91 Å². The van der Waals surface area contributed by atoms with Gasteiger partial charge in [-0.25, -0.2) is 4.98 Å². The SMILES string of the molecule is CCC(C)CC(=O)N(C)C(CC(O)c1nc(C)cs1)C(C)C. The van der Waals surface area contributed by atoms with Crippen molar-refractivity contribution in [2.45, 2.75) is 66.0 Å². The van der Waals surface area contributed by atoms with Crippen LogP contribution in [-0.2, 0) is 4.79 Å². The molecule has 3 unspecified atom stereocenters. The van der Waals surface area contributed by atoms with Gasteiger partial charge in [0, 0.05) is 37.0 Å². The molecule has 1 heterocycles. The molecule has 22 heavy (non-hydrogen) atoms. The van der Waals surface area contributed by atoms with Crippen LogP contribution in [0.5, 0.6) is 0 Å². The molecule has 0 aliphatic heterocycles. The number of hydrogen-bond donors (Lipinski definition) is 1. The molecule has 0 radical (unpaired) electrons. The Kier molecular flexibility index (Phi) is 7.49. The lowest BCUT2D eigenvalue weighted by molar-refractivity contribution is -0.134. The number of carbonyl (C=O) groups is 1. The van der Waals surface area contributed by atoms with Crippen molar-refractivity contribution in [1.29, 1.82) is 0 Å². The largest absolute Gasteiger partial charge is 0.386 e. The minimum absolute atomic E-state index is 0.0239. The van der Waals surface area contributed by atoms with Crippen LogP contribution in [-0.4, -0.2) is 34.0 Å². The molecule has 126 valence electrons. The van der Waals surface area contributed by atoms with E-state index in [-0.39, 0.29) is 11.9 Å². The van der Waals surface area contributed by atoms with Crippen LogP contribution in [0.1, 0.15) is 63.8 Å². The van der Waals surface area contributed by atoms with E-state index in [0.29, 0.717) is 24.7 Å². The molecule has 0 aliphatic carbocycles. The first-order chi connectivity index (χ1) is 10.3. The molecule has 1 rings (SSSR count). The van der Waals surface area contributed by atoms with Crippen LogP contribution in [0.3, 0.4) is 0 Å². The van der Waals surface area contributed by atoms with Crippen LogP contribution >= 0.6 is 11.3 Å². The topological polar surface area (TPSA) is 53.4 Å². The van der Waals surface area contributed by atoms with E-state index in [0.717, 1.165) is 17.1 Å². The second-order valence-corrected chi connectivity index (χ2v) is 7.50. The molecular weight excluding hydrogens is 296 g/mol. The molecule has 0 spiro atoms. The van der Waals surface area contributed by atoms with E-state index in [9.17, 15) is 9.90 Å². The number of aromatic nitrogens is 1. The van der Waals surface area contributed by atoms with Crippen molar-refractivity contribution in [2.75, 3.05) is 7.05 Å². The molecule has 0 saturated carbocycles. The Morgan fingerprint density at radius 3 is 2.50 bits per heavy atom. The number of amides is 1. The van der Waals surface area contributed by atoms with E-state index >= 15 is 0 Å². The zero-order valence-corrected chi connectivity index (χ0v) is 15.5. The van der Waals surface area contributed by atoms with Crippen molar-refractivity contribution in [1.82, 2.24) is 9.88 Å². The van der Waals surface area contributed by atoms with E-state index in [1.165, 1.54) is 11.3 Å². The van der Waals surface area contributed by atoms with Crippen molar-refractivity contribution in [3.63, 3.8) is 0 Å². The lowest BCUT2D eigenvalue weighted by atomic mass is 9.95. The smallest absolute Gasteiger partial charge is 0.222 e. The maximum Gasteiger partial charge on any atom is 0.222 e. The first-order valence-electron chi connectivity index (χ1n) is 8.11. The number of aliphatic hydroxyl groups is 1. The molecule has 0 saturated heterocycles. The van der Waals surface area contributed by atoms with Crippen LogP contribution < -0.4 is 0 Å². The zero-order chi connectivity index (χ0) is 16.9. The summed E-state index contributed by atoms with van der Waals surface area (Å²) in [5, 5.41) is 13.1. The minimum atomic E-state index is -0.607. The highest BCUT2D eigenvalue weighted by atomic mass is 32.1. The molecule has 3 atom stereocenters. The van der Waals surface area contributed by atoms with Gasteiger partial charge in [0.05, 0.1) is 0 Å². The summed E-state index contributed by atoms with van der Waals surface area (Å²) in [5.41, 5.74) is 0.932. The maximum atomic E-state index is 12.4. The summed E-state index contributed by atoms with van der Waals surface area (Å²) >= 11 is 1.48. The molecule has 1 aromatic rings. The quantitative estimate of drug-likeness (QED) is 0.790. The molecule has 1 aromatic heterocycles. The van der Waals surface area contributed by atoms with Gasteiger partial charge < -0.3 is 10.0 Å². The fourth-order valence-corrected chi connectivity index (χ4v) is 3.30. The highest BCUT2D eigenvalue weighted by Gasteiger charge is 2.27. The van der Waals surface area contributed by atoms with E-state index in [4.69, 9.17) is 0 Å². The van der Waals surface area contributed by atoms with Crippen LogP contribution in [0.15, 0.2) is 5.38 Å². The molecule has 5 heteroatoms. The molecular formula is C17H30N2O2S. The minimum Gasteiger partial charge on any atom is -0.386 e. The average molecular weight is 327 g/mol. The lowest BCUT2D eigenvalue weighted by Gasteiger charge is -2.33. The van der Waals surface area contributed by atoms with Gasteiger partial charge in [0.15, 0.2) is 0 Å². The zero-order valence-electron chi connectivity index (χ0n) is 14.7. The Morgan fingerprint density at radius 2 is 2.05 bits per heavy atom. The van der Waals surface area contributed by atoms with Gasteiger partial charge in [-0.2, -0.15) is 0 Å². The van der Waals surface area contributed by atoms with E-state index in [1.54, 1.807) is 0 Å². The third-order valence-corrected chi connectivity index (χ3v) is 5.33. The Labute approximate surface area is 138 Å². The first kappa shape index (κ1) is 19.1. The Morgan fingerprint density at radius 1 is 1.41 bits per heavy atom. The van der Waals surface area contributed by atoms with Gasteiger partial charge in [-0.15, -0.1) is 11.3 Å². The Balaban J connectivity index is 2.74. The Hall–Kier alpha value is -0.940. The molecule has 0 bridgehead atoms. The fourth-order valence-electron chi connectivity index (χ4n) is 2.50. The van der Waals surface area contributed by atoms with Crippen molar-refractivity contribution >= 4 is 17.2 Å². The van der Waals surface area contributed by atoms with Crippen LogP contribution in [0.25, 0.3) is 0 Å². The third-order valence-electron chi connectivity index (χ3n) is 4.27. The first-order valence-corrected chi connectivity index (χ1v) is 8.99. The van der Waals surface area contributed by atoms with Crippen molar-refractivity contribution in [3.8, 4) is 0 Å². The summed E-state index contributed by atoms with van der Waals surface area (Å²) in [5.74, 6) is 0.853. The van der Waals surface area contributed by atoms with Gasteiger partial charge in [-0.1, -0.05) is 34.1 Å². The average Bonchev–Trinajstić information content (AvgIpc) is 2.89. The van der Waals surface area contributed by atoms with Crippen LogP contribution in [0.4, 0.5) is 0 Å². The van der Waals surface area contributed by atoms with E-state index in [1.807, 2.05) is 24.3 Å². The van der Waals surface area contributed by atoms with Gasteiger partial charge in [-0.05, 0) is 18.8 Å². The molecule has 0 aliphatic rings. The summed E-state index contributed by atoms with van der Waals surface area (Å²) in [4.78, 5) is 18.6. The van der Waals surface area contributed by atoms with Gasteiger partial charge in [0.25, 0.3) is 0 Å². The Bertz CT molecular complexity index is 473. The van der Waals surface area contributed by atoms with Gasteiger partial charge in [0.1, 0.15) is 11.1 Å². The number of nitrogens with zero attached hydrogens (tertiary/aromatic N) is 2. The molecule has 0 fully saturated rings. The molecule has 0 aromatic carbocycles. The number of rotatable bonds is 8. The molecule has 4 nitrogen and oxygen atoms in total. The van der Waals surface area contributed by atoms with Crippen molar-refractivity contribution in [3.05, 3.63) is 16.1 Å². The van der Waals surface area contributed by atoms with Crippen LogP contribution in [0.2, 0.25) is 0 Å². The number of carbonyl (C=O) groups excluding carboxylic acids is 1. The number of hydrogen-bond acceptors (Lipinski definition) is 4. The molecule has 1 amide bonds. The summed E-state index contributed by atoms with van der Waals surface area (Å²) in [6.07, 6.45) is 1.51. The monoisotopic (exact) mass is 326 g/mol. The molecule has 1 N–H and O–H groups in total. The predicted molar refractivity (Wildman–Crippen MR) is 91.9 cm³/mol. The predicted octanol–water partition coefficient (Wildman–Crippen LogP) is 3.79. The maximum absolute atomic E-state index is 12.4. The summed E-state index contributed by atoms with van der Waals surface area (Å²) < 4.78 is 0. The lowest BCUT2D eigenvalue weighted by Crippen LogP contribution is -2.41. The third kappa shape index (κ3) is 5.36. The van der Waals surface area contributed by atoms with Crippen molar-refractivity contribution in [2.24, 2.45) is 11.8 Å². The fraction of sp³-hybridized carbons (Fsp3) is 0.765. The summed E-state index contributed by atoms with van der Waals surface area (Å²) in [6, 6.07) is 0.0239. The standard InChI is InChI=1S/C17H30N2O2S/c1-7-12(4)8-16(21)19(6)14(11(2)3)9-15(20)17-18-13(5)10-22-17/h10-12,14-15,20H,7-9H2,1-6H3. The summed E-state index contributed by atoms with van der Waals surface area (Å²) in [6.45, 7) is 10.3. The van der Waals surface area contributed by atoms with Gasteiger partial charge in [-0.3, -0.25) is 4.79 Å².